The first-order valence-electron chi connectivity index (χ1n) is 8.60. The zero-order chi connectivity index (χ0) is 17.4. The fourth-order valence-electron chi connectivity index (χ4n) is 2.91. The van der Waals surface area contributed by atoms with Gasteiger partial charge in [-0.25, -0.2) is 8.42 Å². The average molecular weight is 353 g/mol. The molecule has 1 heterocycles. The highest BCUT2D eigenvalue weighted by molar-refractivity contribution is 7.92. The van der Waals surface area contributed by atoms with Crippen molar-refractivity contribution in [1.82, 2.24) is 10.6 Å². The molecular formula is C17H27N3O3S. The fourth-order valence-corrected chi connectivity index (χ4v) is 4.07. The predicted molar refractivity (Wildman–Crippen MR) is 96.7 cm³/mol. The summed E-state index contributed by atoms with van der Waals surface area (Å²) < 4.78 is 26.4. The molecule has 1 amide bonds. The molecule has 7 heteroatoms. The zero-order valence-electron chi connectivity index (χ0n) is 14.2. The van der Waals surface area contributed by atoms with Crippen molar-refractivity contribution in [2.24, 2.45) is 5.92 Å². The van der Waals surface area contributed by atoms with E-state index >= 15 is 0 Å². The summed E-state index contributed by atoms with van der Waals surface area (Å²) in [5.74, 6) is 0.392. The molecule has 6 nitrogen and oxygen atoms in total. The SMILES string of the molecule is CCCS(=O)(=O)Nc1ccccc1C(=O)NCCC1CCCNC1. The van der Waals surface area contributed by atoms with Crippen LogP contribution in [0.25, 0.3) is 0 Å². The van der Waals surface area contributed by atoms with Crippen molar-refractivity contribution in [3.63, 3.8) is 0 Å². The first kappa shape index (κ1) is 18.7. The molecule has 24 heavy (non-hydrogen) atoms. The minimum Gasteiger partial charge on any atom is -0.352 e. The Balaban J connectivity index is 1.93. The third-order valence-corrected chi connectivity index (χ3v) is 5.62. The Bertz CT molecular complexity index is 640. The predicted octanol–water partition coefficient (Wildman–Crippen LogP) is 1.96. The molecule has 3 N–H and O–H groups in total. The van der Waals surface area contributed by atoms with Crippen molar-refractivity contribution in [2.75, 3.05) is 30.1 Å². The summed E-state index contributed by atoms with van der Waals surface area (Å²) in [5, 5.41) is 6.26. The molecule has 1 aromatic rings. The highest BCUT2D eigenvalue weighted by atomic mass is 32.2. The Labute approximate surface area is 144 Å². The number of carbonyl (C=O) groups is 1. The van der Waals surface area contributed by atoms with E-state index in [0.29, 0.717) is 30.1 Å². The second kappa shape index (κ2) is 9.03. The second-order valence-electron chi connectivity index (χ2n) is 6.22. The van der Waals surface area contributed by atoms with E-state index in [4.69, 9.17) is 0 Å². The lowest BCUT2D eigenvalue weighted by Crippen LogP contribution is -2.33. The van der Waals surface area contributed by atoms with Gasteiger partial charge in [-0.2, -0.15) is 0 Å². The molecule has 0 radical (unpaired) electrons. The van der Waals surface area contributed by atoms with Gasteiger partial charge in [0, 0.05) is 6.54 Å². The van der Waals surface area contributed by atoms with E-state index < -0.39 is 10.0 Å². The maximum Gasteiger partial charge on any atom is 0.253 e. The highest BCUT2D eigenvalue weighted by Gasteiger charge is 2.17. The van der Waals surface area contributed by atoms with Crippen molar-refractivity contribution < 1.29 is 13.2 Å². The summed E-state index contributed by atoms with van der Waals surface area (Å²) in [5.41, 5.74) is 0.696. The fraction of sp³-hybridized carbons (Fsp3) is 0.588. The Hall–Kier alpha value is -1.60. The van der Waals surface area contributed by atoms with Crippen LogP contribution in [-0.4, -0.2) is 39.7 Å². The van der Waals surface area contributed by atoms with Gasteiger partial charge in [0.1, 0.15) is 0 Å². The van der Waals surface area contributed by atoms with Crippen molar-refractivity contribution in [3.05, 3.63) is 29.8 Å². The summed E-state index contributed by atoms with van der Waals surface area (Å²) >= 11 is 0. The molecule has 1 unspecified atom stereocenters. The molecule has 2 rings (SSSR count). The number of anilines is 1. The molecule has 134 valence electrons. The van der Waals surface area contributed by atoms with Crippen LogP contribution in [0.4, 0.5) is 5.69 Å². The minimum absolute atomic E-state index is 0.0393. The van der Waals surface area contributed by atoms with Crippen molar-refractivity contribution in [3.8, 4) is 0 Å². The molecule has 0 aliphatic carbocycles. The summed E-state index contributed by atoms with van der Waals surface area (Å²) in [6, 6.07) is 6.71. The van der Waals surface area contributed by atoms with Crippen LogP contribution in [0.15, 0.2) is 24.3 Å². The standard InChI is InChI=1S/C17H27N3O3S/c1-2-12-24(22,23)20-16-8-4-3-7-15(16)17(21)19-11-9-14-6-5-10-18-13-14/h3-4,7-8,14,18,20H,2,5-6,9-13H2,1H3,(H,19,21). The monoisotopic (exact) mass is 353 g/mol. The van der Waals surface area contributed by atoms with Crippen LogP contribution in [0.2, 0.25) is 0 Å². The van der Waals surface area contributed by atoms with E-state index in [0.717, 1.165) is 19.5 Å². The van der Waals surface area contributed by atoms with Gasteiger partial charge in [0.2, 0.25) is 10.0 Å². The quantitative estimate of drug-likeness (QED) is 0.667. The number of para-hydroxylation sites is 1. The van der Waals surface area contributed by atoms with Crippen LogP contribution in [0.3, 0.4) is 0 Å². The first-order chi connectivity index (χ1) is 11.5. The summed E-state index contributed by atoms with van der Waals surface area (Å²) in [6.07, 6.45) is 3.83. The molecule has 0 saturated carbocycles. The van der Waals surface area contributed by atoms with E-state index in [1.165, 1.54) is 12.8 Å². The lowest BCUT2D eigenvalue weighted by molar-refractivity contribution is 0.0951. The van der Waals surface area contributed by atoms with Gasteiger partial charge < -0.3 is 10.6 Å². The maximum absolute atomic E-state index is 12.4. The number of benzene rings is 1. The topological polar surface area (TPSA) is 87.3 Å². The Kier molecular flexibility index (Phi) is 7.05. The second-order valence-corrected chi connectivity index (χ2v) is 8.07. The number of piperidine rings is 1. The van der Waals surface area contributed by atoms with Crippen LogP contribution in [-0.2, 0) is 10.0 Å². The van der Waals surface area contributed by atoms with E-state index in [9.17, 15) is 13.2 Å². The number of hydrogen-bond donors (Lipinski definition) is 3. The van der Waals surface area contributed by atoms with Gasteiger partial charge in [0.05, 0.1) is 17.0 Å². The smallest absolute Gasteiger partial charge is 0.253 e. The average Bonchev–Trinajstić information content (AvgIpc) is 2.55. The number of sulfonamides is 1. The van der Waals surface area contributed by atoms with Gasteiger partial charge in [-0.05, 0) is 56.8 Å². The lowest BCUT2D eigenvalue weighted by atomic mass is 9.96. The van der Waals surface area contributed by atoms with E-state index in [-0.39, 0.29) is 11.7 Å². The number of rotatable bonds is 8. The van der Waals surface area contributed by atoms with Crippen molar-refractivity contribution >= 4 is 21.6 Å². The van der Waals surface area contributed by atoms with Gasteiger partial charge in [-0.15, -0.1) is 0 Å². The molecule has 1 aliphatic heterocycles. The Morgan fingerprint density at radius 2 is 2.12 bits per heavy atom. The van der Waals surface area contributed by atoms with E-state index in [2.05, 4.69) is 15.4 Å². The number of nitrogens with one attached hydrogen (secondary N) is 3. The molecule has 0 bridgehead atoms. The van der Waals surface area contributed by atoms with Crippen molar-refractivity contribution in [2.45, 2.75) is 32.6 Å². The molecule has 1 fully saturated rings. The summed E-state index contributed by atoms with van der Waals surface area (Å²) in [4.78, 5) is 12.4. The van der Waals surface area contributed by atoms with Crippen LogP contribution in [0.5, 0.6) is 0 Å². The van der Waals surface area contributed by atoms with Gasteiger partial charge >= 0.3 is 0 Å². The zero-order valence-corrected chi connectivity index (χ0v) is 15.0. The first-order valence-corrected chi connectivity index (χ1v) is 10.3. The van der Waals surface area contributed by atoms with Crippen LogP contribution in [0, 0.1) is 5.92 Å². The molecule has 1 saturated heterocycles. The largest absolute Gasteiger partial charge is 0.352 e. The number of amides is 1. The highest BCUT2D eigenvalue weighted by Crippen LogP contribution is 2.17. The van der Waals surface area contributed by atoms with Crippen LogP contribution in [0.1, 0.15) is 43.0 Å². The van der Waals surface area contributed by atoms with Gasteiger partial charge in [0.25, 0.3) is 5.91 Å². The Morgan fingerprint density at radius 3 is 2.83 bits per heavy atom. The van der Waals surface area contributed by atoms with Gasteiger partial charge in [0.15, 0.2) is 0 Å². The molecule has 1 aliphatic rings. The minimum atomic E-state index is -3.42. The van der Waals surface area contributed by atoms with Crippen molar-refractivity contribution in [1.29, 1.82) is 0 Å². The molecule has 0 aromatic heterocycles. The van der Waals surface area contributed by atoms with Crippen LogP contribution < -0.4 is 15.4 Å². The molecule has 1 aromatic carbocycles. The number of carbonyl (C=O) groups excluding carboxylic acids is 1. The third-order valence-electron chi connectivity index (χ3n) is 4.15. The molecule has 1 atom stereocenters. The van der Waals surface area contributed by atoms with Gasteiger partial charge in [-0.1, -0.05) is 19.1 Å². The summed E-state index contributed by atoms with van der Waals surface area (Å²) in [6.45, 7) is 4.48. The number of hydrogen-bond acceptors (Lipinski definition) is 4. The van der Waals surface area contributed by atoms with Gasteiger partial charge in [-0.3, -0.25) is 9.52 Å². The summed E-state index contributed by atoms with van der Waals surface area (Å²) in [7, 11) is -3.42. The molecular weight excluding hydrogens is 326 g/mol. The normalized spacial score (nSPS) is 18.1. The van der Waals surface area contributed by atoms with E-state index in [1.807, 2.05) is 0 Å². The van der Waals surface area contributed by atoms with E-state index in [1.54, 1.807) is 31.2 Å². The Morgan fingerprint density at radius 1 is 1.33 bits per heavy atom. The third kappa shape index (κ3) is 5.79. The lowest BCUT2D eigenvalue weighted by Gasteiger charge is -2.22. The van der Waals surface area contributed by atoms with Crippen LogP contribution >= 0.6 is 0 Å². The molecule has 0 spiro atoms. The maximum atomic E-state index is 12.4.